The van der Waals surface area contributed by atoms with Gasteiger partial charge in [-0.25, -0.2) is 4.79 Å². The van der Waals surface area contributed by atoms with Gasteiger partial charge in [0.25, 0.3) is 5.91 Å². The Morgan fingerprint density at radius 2 is 2.14 bits per heavy atom. The molecule has 2 rings (SSSR count). The Morgan fingerprint density at radius 3 is 2.71 bits per heavy atom. The number of carbonyl (C=O) groups is 2. The van der Waals surface area contributed by atoms with Crippen LogP contribution in [0.1, 0.15) is 26.7 Å². The van der Waals surface area contributed by atoms with E-state index in [9.17, 15) is 9.59 Å². The zero-order valence-electron chi connectivity index (χ0n) is 8.69. The number of fused-ring (bicyclic) bond motifs is 1. The van der Waals surface area contributed by atoms with E-state index in [4.69, 9.17) is 0 Å². The van der Waals surface area contributed by atoms with Crippen LogP contribution in [0, 0.1) is 5.92 Å². The maximum absolute atomic E-state index is 11.9. The van der Waals surface area contributed by atoms with Crippen molar-refractivity contribution in [3.63, 3.8) is 0 Å². The molecule has 0 N–H and O–H groups in total. The van der Waals surface area contributed by atoms with E-state index < -0.39 is 0 Å². The molecule has 2 unspecified atom stereocenters. The SMILES string of the molecule is CCCN1C(=O)C2C(C)CCN2C1=O. The van der Waals surface area contributed by atoms with Crippen molar-refractivity contribution >= 4 is 11.9 Å². The first-order chi connectivity index (χ1) is 6.66. The van der Waals surface area contributed by atoms with Crippen molar-refractivity contribution < 1.29 is 9.59 Å². The van der Waals surface area contributed by atoms with Crippen LogP contribution in [0.4, 0.5) is 4.79 Å². The summed E-state index contributed by atoms with van der Waals surface area (Å²) >= 11 is 0. The highest BCUT2D eigenvalue weighted by molar-refractivity contribution is 6.04. The lowest BCUT2D eigenvalue weighted by atomic mass is 10.0. The second-order valence-electron chi connectivity index (χ2n) is 4.18. The first kappa shape index (κ1) is 9.49. The minimum absolute atomic E-state index is 0.0156. The van der Waals surface area contributed by atoms with E-state index in [0.717, 1.165) is 19.4 Å². The van der Waals surface area contributed by atoms with Gasteiger partial charge in [-0.2, -0.15) is 0 Å². The molecule has 0 radical (unpaired) electrons. The summed E-state index contributed by atoms with van der Waals surface area (Å²) in [5, 5.41) is 0. The maximum Gasteiger partial charge on any atom is 0.327 e. The third-order valence-corrected chi connectivity index (χ3v) is 3.14. The molecule has 4 heteroatoms. The quantitative estimate of drug-likeness (QED) is 0.620. The molecule has 2 saturated heterocycles. The Labute approximate surface area is 83.9 Å². The molecule has 14 heavy (non-hydrogen) atoms. The first-order valence-electron chi connectivity index (χ1n) is 5.28. The highest BCUT2D eigenvalue weighted by Crippen LogP contribution is 2.31. The number of hydrogen-bond donors (Lipinski definition) is 0. The largest absolute Gasteiger partial charge is 0.327 e. The average Bonchev–Trinajstić information content (AvgIpc) is 2.63. The molecule has 0 aromatic heterocycles. The lowest BCUT2D eigenvalue weighted by Gasteiger charge is -2.13. The lowest BCUT2D eigenvalue weighted by molar-refractivity contribution is -0.128. The minimum Gasteiger partial charge on any atom is -0.312 e. The first-order valence-corrected chi connectivity index (χ1v) is 5.28. The zero-order valence-corrected chi connectivity index (χ0v) is 8.69. The Hall–Kier alpha value is -1.06. The second-order valence-corrected chi connectivity index (χ2v) is 4.18. The monoisotopic (exact) mass is 196 g/mol. The van der Waals surface area contributed by atoms with Crippen molar-refractivity contribution in [1.82, 2.24) is 9.80 Å². The minimum atomic E-state index is -0.158. The Balaban J connectivity index is 2.20. The molecular formula is C10H16N2O2. The van der Waals surface area contributed by atoms with Crippen LogP contribution in [0.2, 0.25) is 0 Å². The molecule has 4 nitrogen and oxygen atoms in total. The molecule has 0 bridgehead atoms. The summed E-state index contributed by atoms with van der Waals surface area (Å²) < 4.78 is 0. The number of hydrogen-bond acceptors (Lipinski definition) is 2. The van der Waals surface area contributed by atoms with Gasteiger partial charge in [0.2, 0.25) is 0 Å². The summed E-state index contributed by atoms with van der Waals surface area (Å²) in [6.07, 6.45) is 1.80. The number of nitrogens with zero attached hydrogens (tertiary/aromatic N) is 2. The van der Waals surface area contributed by atoms with Gasteiger partial charge in [0.05, 0.1) is 0 Å². The summed E-state index contributed by atoms with van der Waals surface area (Å²) in [4.78, 5) is 26.8. The van der Waals surface area contributed by atoms with Crippen molar-refractivity contribution in [3.8, 4) is 0 Å². The van der Waals surface area contributed by atoms with Crippen LogP contribution >= 0.6 is 0 Å². The molecule has 2 aliphatic rings. The van der Waals surface area contributed by atoms with Crippen molar-refractivity contribution in [1.29, 1.82) is 0 Å². The van der Waals surface area contributed by atoms with Gasteiger partial charge in [-0.3, -0.25) is 9.69 Å². The fraction of sp³-hybridized carbons (Fsp3) is 0.800. The second kappa shape index (κ2) is 3.26. The third-order valence-electron chi connectivity index (χ3n) is 3.14. The molecule has 0 aromatic carbocycles. The Bertz CT molecular complexity index is 277. The zero-order chi connectivity index (χ0) is 10.3. The molecule has 0 aromatic rings. The van der Waals surface area contributed by atoms with Gasteiger partial charge in [-0.1, -0.05) is 13.8 Å². The summed E-state index contributed by atoms with van der Waals surface area (Å²) in [6, 6.07) is -0.236. The summed E-state index contributed by atoms with van der Waals surface area (Å²) in [6.45, 7) is 5.34. The predicted octanol–water partition coefficient (Wildman–Crippen LogP) is 1.07. The molecule has 2 atom stereocenters. The van der Waals surface area contributed by atoms with Gasteiger partial charge < -0.3 is 4.90 Å². The highest BCUT2D eigenvalue weighted by atomic mass is 16.2. The lowest BCUT2D eigenvalue weighted by Crippen LogP contribution is -2.34. The molecule has 3 amide bonds. The van der Waals surface area contributed by atoms with Gasteiger partial charge in [0.15, 0.2) is 0 Å². The van der Waals surface area contributed by atoms with Crippen molar-refractivity contribution in [2.24, 2.45) is 5.92 Å². The van der Waals surface area contributed by atoms with Crippen molar-refractivity contribution in [3.05, 3.63) is 0 Å². The van der Waals surface area contributed by atoms with Crippen LogP contribution in [-0.2, 0) is 4.79 Å². The average molecular weight is 196 g/mol. The van der Waals surface area contributed by atoms with Gasteiger partial charge in [-0.15, -0.1) is 0 Å². The number of rotatable bonds is 2. The fourth-order valence-corrected chi connectivity index (χ4v) is 2.38. The molecule has 2 heterocycles. The van der Waals surface area contributed by atoms with E-state index in [1.807, 2.05) is 13.8 Å². The van der Waals surface area contributed by atoms with Crippen LogP contribution in [0.25, 0.3) is 0 Å². The number of amides is 3. The van der Waals surface area contributed by atoms with E-state index >= 15 is 0 Å². The van der Waals surface area contributed by atoms with E-state index in [1.165, 1.54) is 4.90 Å². The summed E-state index contributed by atoms with van der Waals surface area (Å²) in [5.41, 5.74) is 0. The van der Waals surface area contributed by atoms with E-state index in [2.05, 4.69) is 0 Å². The van der Waals surface area contributed by atoms with Crippen LogP contribution in [-0.4, -0.2) is 40.9 Å². The van der Waals surface area contributed by atoms with E-state index in [1.54, 1.807) is 4.90 Å². The van der Waals surface area contributed by atoms with Gasteiger partial charge in [-0.05, 0) is 18.8 Å². The molecule has 0 spiro atoms. The van der Waals surface area contributed by atoms with Gasteiger partial charge >= 0.3 is 6.03 Å². The highest BCUT2D eigenvalue weighted by Gasteiger charge is 2.50. The topological polar surface area (TPSA) is 40.6 Å². The molecule has 78 valence electrons. The van der Waals surface area contributed by atoms with Gasteiger partial charge in [0.1, 0.15) is 6.04 Å². The van der Waals surface area contributed by atoms with E-state index in [0.29, 0.717) is 12.5 Å². The molecule has 0 aliphatic carbocycles. The van der Waals surface area contributed by atoms with Crippen LogP contribution < -0.4 is 0 Å². The van der Waals surface area contributed by atoms with Crippen LogP contribution in [0.3, 0.4) is 0 Å². The fourth-order valence-electron chi connectivity index (χ4n) is 2.38. The molecular weight excluding hydrogens is 180 g/mol. The number of carbonyl (C=O) groups excluding carboxylic acids is 2. The molecule has 2 fully saturated rings. The van der Waals surface area contributed by atoms with Crippen LogP contribution in [0.15, 0.2) is 0 Å². The third kappa shape index (κ3) is 1.13. The number of urea groups is 1. The molecule has 0 saturated carbocycles. The predicted molar refractivity (Wildman–Crippen MR) is 51.7 cm³/mol. The molecule has 2 aliphatic heterocycles. The summed E-state index contributed by atoms with van der Waals surface area (Å²) in [7, 11) is 0. The van der Waals surface area contributed by atoms with Crippen molar-refractivity contribution in [2.75, 3.05) is 13.1 Å². The maximum atomic E-state index is 11.9. The normalized spacial score (nSPS) is 31.6. The summed E-state index contributed by atoms with van der Waals surface area (Å²) in [5.74, 6) is 0.343. The number of imide groups is 1. The Morgan fingerprint density at radius 1 is 1.43 bits per heavy atom. The van der Waals surface area contributed by atoms with E-state index in [-0.39, 0.29) is 18.0 Å². The van der Waals surface area contributed by atoms with Crippen LogP contribution in [0.5, 0.6) is 0 Å². The smallest absolute Gasteiger partial charge is 0.312 e. The Kier molecular flexibility index (Phi) is 2.21. The van der Waals surface area contributed by atoms with Gasteiger partial charge in [0, 0.05) is 13.1 Å². The standard InChI is InChI=1S/C10H16N2O2/c1-3-5-12-9(13)8-7(2)4-6-11(8)10(12)14/h7-8H,3-6H2,1-2H3. The van der Waals surface area contributed by atoms with Crippen molar-refractivity contribution in [2.45, 2.75) is 32.7 Å².